The van der Waals surface area contributed by atoms with Crippen molar-refractivity contribution in [3.05, 3.63) is 69.5 Å². The number of fused-ring (bicyclic) bond motifs is 1. The fraction of sp³-hybridized carbons (Fsp3) is 0.261. The molecule has 1 aromatic heterocycles. The number of halogens is 2. The lowest BCUT2D eigenvalue weighted by Crippen LogP contribution is -2.55. The molecular weight excluding hydrogens is 509 g/mol. The predicted octanol–water partition coefficient (Wildman–Crippen LogP) is 1.79. The van der Waals surface area contributed by atoms with Crippen LogP contribution in [0.2, 0.25) is 10.0 Å². The number of amides is 3. The van der Waals surface area contributed by atoms with Gasteiger partial charge in [-0.25, -0.2) is 4.68 Å². The third-order valence-corrected chi connectivity index (χ3v) is 6.36. The van der Waals surface area contributed by atoms with Crippen molar-refractivity contribution in [3.8, 4) is 0 Å². The first kappa shape index (κ1) is 25.3. The Morgan fingerprint density at radius 2 is 1.83 bits per heavy atom. The van der Waals surface area contributed by atoms with Crippen molar-refractivity contribution in [2.45, 2.75) is 38.4 Å². The first-order valence-corrected chi connectivity index (χ1v) is 11.8. The molecule has 36 heavy (non-hydrogen) atoms. The van der Waals surface area contributed by atoms with Crippen molar-refractivity contribution < 1.29 is 19.2 Å². The number of aromatic nitrogens is 4. The zero-order valence-electron chi connectivity index (χ0n) is 19.0. The number of nitrogens with zero attached hydrogens (tertiary/aromatic N) is 4. The summed E-state index contributed by atoms with van der Waals surface area (Å²) in [6, 6.07) is 9.01. The van der Waals surface area contributed by atoms with Crippen LogP contribution < -0.4 is 16.0 Å². The van der Waals surface area contributed by atoms with Crippen molar-refractivity contribution >= 4 is 52.4 Å². The maximum atomic E-state index is 13.0. The molecule has 0 aliphatic carbocycles. The zero-order valence-corrected chi connectivity index (χ0v) is 20.5. The van der Waals surface area contributed by atoms with E-state index in [1.54, 1.807) is 43.3 Å². The van der Waals surface area contributed by atoms with Gasteiger partial charge in [-0.05, 0) is 46.7 Å². The van der Waals surface area contributed by atoms with Gasteiger partial charge in [0, 0.05) is 16.5 Å². The maximum absolute atomic E-state index is 13.0. The van der Waals surface area contributed by atoms with Crippen LogP contribution in [0.4, 0.5) is 5.69 Å². The molecule has 3 aromatic rings. The van der Waals surface area contributed by atoms with Crippen molar-refractivity contribution in [2.75, 3.05) is 5.32 Å². The van der Waals surface area contributed by atoms with Gasteiger partial charge in [0.05, 0.1) is 17.3 Å². The van der Waals surface area contributed by atoms with E-state index in [4.69, 9.17) is 23.2 Å². The number of ketones is 1. The molecule has 3 N–H and O–H groups in total. The second-order valence-electron chi connectivity index (χ2n) is 8.01. The molecule has 2 aromatic carbocycles. The molecular formula is C23H21Cl2N7O4. The Balaban J connectivity index is 1.44. The van der Waals surface area contributed by atoms with E-state index in [0.717, 1.165) is 0 Å². The minimum Gasteiger partial charge on any atom is -0.344 e. The lowest BCUT2D eigenvalue weighted by molar-refractivity contribution is -0.133. The average molecular weight is 530 g/mol. The largest absolute Gasteiger partial charge is 0.344 e. The van der Waals surface area contributed by atoms with Gasteiger partial charge in [-0.15, -0.1) is 5.10 Å². The molecule has 0 radical (unpaired) electrons. The topological polar surface area (TPSA) is 148 Å². The highest BCUT2D eigenvalue weighted by atomic mass is 35.5. The van der Waals surface area contributed by atoms with Crippen LogP contribution in [0, 0.1) is 0 Å². The van der Waals surface area contributed by atoms with Crippen LogP contribution in [0.25, 0.3) is 0 Å². The van der Waals surface area contributed by atoms with E-state index in [1.165, 1.54) is 10.7 Å². The fourth-order valence-corrected chi connectivity index (χ4v) is 4.24. The lowest BCUT2D eigenvalue weighted by atomic mass is 10.1. The van der Waals surface area contributed by atoms with Crippen LogP contribution in [0.1, 0.15) is 35.1 Å². The van der Waals surface area contributed by atoms with Crippen LogP contribution in [-0.2, 0) is 27.3 Å². The van der Waals surface area contributed by atoms with Gasteiger partial charge in [0.15, 0.2) is 17.6 Å². The Labute approximate surface area is 215 Å². The van der Waals surface area contributed by atoms with Gasteiger partial charge >= 0.3 is 0 Å². The van der Waals surface area contributed by atoms with Crippen molar-refractivity contribution in [1.82, 2.24) is 30.8 Å². The first-order chi connectivity index (χ1) is 17.3. The van der Waals surface area contributed by atoms with Crippen LogP contribution in [0.15, 0.2) is 42.5 Å². The van der Waals surface area contributed by atoms with Gasteiger partial charge in [0.2, 0.25) is 0 Å². The third kappa shape index (κ3) is 5.37. The number of anilines is 1. The van der Waals surface area contributed by atoms with Gasteiger partial charge in [-0.1, -0.05) is 48.3 Å². The first-order valence-electron chi connectivity index (χ1n) is 11.0. The van der Waals surface area contributed by atoms with Crippen LogP contribution in [0.5, 0.6) is 0 Å². The van der Waals surface area contributed by atoms with E-state index in [1.807, 2.05) is 0 Å². The average Bonchev–Trinajstić information content (AvgIpc) is 3.24. The Hall–Kier alpha value is -3.83. The maximum Gasteiger partial charge on any atom is 0.256 e. The molecule has 2 unspecified atom stereocenters. The number of hydrogen-bond acceptors (Lipinski definition) is 7. The summed E-state index contributed by atoms with van der Waals surface area (Å²) < 4.78 is 1.30. The van der Waals surface area contributed by atoms with Crippen LogP contribution in [0.3, 0.4) is 0 Å². The van der Waals surface area contributed by atoms with Crippen molar-refractivity contribution in [2.24, 2.45) is 0 Å². The summed E-state index contributed by atoms with van der Waals surface area (Å²) in [4.78, 5) is 51.0. The summed E-state index contributed by atoms with van der Waals surface area (Å²) >= 11 is 12.5. The minimum atomic E-state index is -1.52. The molecule has 2 atom stereocenters. The van der Waals surface area contributed by atoms with E-state index in [-0.39, 0.29) is 24.9 Å². The number of para-hydroxylation sites is 1. The smallest absolute Gasteiger partial charge is 0.256 e. The molecule has 13 heteroatoms. The highest BCUT2D eigenvalue weighted by molar-refractivity contribution is 6.36. The summed E-state index contributed by atoms with van der Waals surface area (Å²) in [6.45, 7) is 1.46. The predicted molar refractivity (Wildman–Crippen MR) is 131 cm³/mol. The quantitative estimate of drug-likeness (QED) is 0.376. The van der Waals surface area contributed by atoms with Crippen LogP contribution >= 0.6 is 23.2 Å². The number of carbonyl (C=O) groups is 4. The Morgan fingerprint density at radius 3 is 2.56 bits per heavy atom. The van der Waals surface area contributed by atoms with Gasteiger partial charge in [-0.3, -0.25) is 19.2 Å². The number of hydrogen-bond donors (Lipinski definition) is 3. The highest BCUT2D eigenvalue weighted by Gasteiger charge is 2.35. The number of rotatable bonds is 8. The van der Waals surface area contributed by atoms with Gasteiger partial charge in [0.25, 0.3) is 17.7 Å². The van der Waals surface area contributed by atoms with E-state index in [2.05, 4.69) is 31.5 Å². The lowest BCUT2D eigenvalue weighted by Gasteiger charge is -2.20. The number of carbonyl (C=O) groups excluding carboxylic acids is 4. The molecule has 0 spiro atoms. The van der Waals surface area contributed by atoms with Gasteiger partial charge in [-0.2, -0.15) is 0 Å². The molecule has 0 saturated heterocycles. The summed E-state index contributed by atoms with van der Waals surface area (Å²) in [7, 11) is 0. The second-order valence-corrected chi connectivity index (χ2v) is 8.82. The molecule has 186 valence electrons. The Bertz CT molecular complexity index is 1320. The van der Waals surface area contributed by atoms with Crippen molar-refractivity contribution in [3.63, 3.8) is 0 Å². The second kappa shape index (κ2) is 10.8. The fourth-order valence-electron chi connectivity index (χ4n) is 3.71. The van der Waals surface area contributed by atoms with Crippen LogP contribution in [-0.4, -0.2) is 55.8 Å². The van der Waals surface area contributed by atoms with E-state index < -0.39 is 35.6 Å². The molecule has 0 saturated carbocycles. The molecule has 0 bridgehead atoms. The molecule has 2 heterocycles. The van der Waals surface area contributed by atoms with E-state index in [0.29, 0.717) is 27.1 Å². The number of Topliss-reactive ketones (excluding diaryl/α,β-unsaturated/α-hetero) is 1. The molecule has 4 rings (SSSR count). The number of tetrazole rings is 1. The Kier molecular flexibility index (Phi) is 7.61. The standard InChI is InChI=1S/C23H21Cl2N7O4/c1-2-16(26-22(35)20-23(36)27-17-9-4-3-6-12(17)21(34)28-20)18(33)11-32-19(29-30-31-32)10-13-14(24)7-5-8-15(13)25/h3-9,16,20H,2,10-11H2,1H3,(H,26,35)(H,27,36)(H,28,34). The SMILES string of the molecule is CCC(NC(=O)C1NC(=O)c2ccccc2NC1=O)C(=O)Cn1nnnc1Cc1c(Cl)cccc1Cl. The number of benzene rings is 2. The van der Waals surface area contributed by atoms with Gasteiger partial charge < -0.3 is 16.0 Å². The number of nitrogens with one attached hydrogen (secondary N) is 3. The summed E-state index contributed by atoms with van der Waals surface area (Å²) in [5, 5.41) is 19.9. The van der Waals surface area contributed by atoms with E-state index in [9.17, 15) is 19.2 Å². The minimum absolute atomic E-state index is 0.191. The molecule has 3 amide bonds. The molecule has 0 fully saturated rings. The Morgan fingerprint density at radius 1 is 1.11 bits per heavy atom. The molecule has 1 aliphatic heterocycles. The molecule has 1 aliphatic rings. The van der Waals surface area contributed by atoms with Crippen molar-refractivity contribution in [1.29, 1.82) is 0 Å². The summed E-state index contributed by atoms with van der Waals surface area (Å²) in [6.07, 6.45) is 0.428. The highest BCUT2D eigenvalue weighted by Crippen LogP contribution is 2.26. The van der Waals surface area contributed by atoms with Gasteiger partial charge in [0.1, 0.15) is 6.54 Å². The third-order valence-electron chi connectivity index (χ3n) is 5.65. The monoisotopic (exact) mass is 529 g/mol. The summed E-state index contributed by atoms with van der Waals surface area (Å²) in [5.41, 5.74) is 1.14. The zero-order chi connectivity index (χ0) is 25.8. The van der Waals surface area contributed by atoms with E-state index >= 15 is 0 Å². The molecule has 11 nitrogen and oxygen atoms in total. The summed E-state index contributed by atoms with van der Waals surface area (Å²) in [5.74, 6) is -2.15. The normalized spacial score (nSPS) is 15.8.